The van der Waals surface area contributed by atoms with Crippen LogP contribution in [-0.2, 0) is 6.54 Å². The van der Waals surface area contributed by atoms with Gasteiger partial charge in [-0.3, -0.25) is 9.59 Å². The molecule has 110 valence electrons. The van der Waals surface area contributed by atoms with Crippen LogP contribution >= 0.6 is 0 Å². The lowest BCUT2D eigenvalue weighted by molar-refractivity contribution is 0.0945. The number of carbonyl (C=O) groups excluding carboxylic acids is 1. The zero-order chi connectivity index (χ0) is 15.2. The van der Waals surface area contributed by atoms with Crippen molar-refractivity contribution in [2.45, 2.75) is 6.54 Å². The Morgan fingerprint density at radius 2 is 1.90 bits per heavy atom. The van der Waals surface area contributed by atoms with Crippen molar-refractivity contribution in [1.29, 1.82) is 0 Å². The average Bonchev–Trinajstić information content (AvgIpc) is 2.52. The molecule has 0 aliphatic heterocycles. The number of hydrogen-bond acceptors (Lipinski definition) is 4. The van der Waals surface area contributed by atoms with Crippen LogP contribution in [0, 0.1) is 0 Å². The van der Waals surface area contributed by atoms with Gasteiger partial charge in [-0.15, -0.1) is 0 Å². The van der Waals surface area contributed by atoms with Crippen molar-refractivity contribution in [1.82, 2.24) is 10.3 Å². The quantitative estimate of drug-likeness (QED) is 0.869. The largest absolute Gasteiger partial charge is 0.493 e. The predicted molar refractivity (Wildman–Crippen MR) is 77.8 cm³/mol. The number of benzene rings is 1. The second kappa shape index (κ2) is 6.60. The Morgan fingerprint density at radius 1 is 1.14 bits per heavy atom. The number of carbonyl (C=O) groups is 1. The Kier molecular flexibility index (Phi) is 4.61. The first-order valence-corrected chi connectivity index (χ1v) is 6.32. The number of hydrogen-bond donors (Lipinski definition) is 2. The van der Waals surface area contributed by atoms with Crippen LogP contribution in [-0.4, -0.2) is 25.1 Å². The fraction of sp³-hybridized carbons (Fsp3) is 0.200. The summed E-state index contributed by atoms with van der Waals surface area (Å²) in [6.45, 7) is 0.316. The monoisotopic (exact) mass is 288 g/mol. The summed E-state index contributed by atoms with van der Waals surface area (Å²) in [5.41, 5.74) is 0.774. The highest BCUT2D eigenvalue weighted by atomic mass is 16.5. The molecule has 0 fully saturated rings. The third kappa shape index (κ3) is 3.62. The van der Waals surface area contributed by atoms with E-state index in [2.05, 4.69) is 10.3 Å². The maximum Gasteiger partial charge on any atom is 0.268 e. The molecular formula is C15H16N2O4. The number of rotatable bonds is 5. The lowest BCUT2D eigenvalue weighted by Crippen LogP contribution is -2.25. The van der Waals surface area contributed by atoms with Gasteiger partial charge in [0.2, 0.25) is 5.56 Å². The molecule has 0 bridgehead atoms. The van der Waals surface area contributed by atoms with Gasteiger partial charge in [0.15, 0.2) is 11.5 Å². The van der Waals surface area contributed by atoms with Gasteiger partial charge < -0.3 is 19.8 Å². The number of H-pyrrole nitrogens is 1. The fourth-order valence-electron chi connectivity index (χ4n) is 1.85. The van der Waals surface area contributed by atoms with Gasteiger partial charge in [-0.1, -0.05) is 12.1 Å². The van der Waals surface area contributed by atoms with Crippen LogP contribution in [0.15, 0.2) is 41.2 Å². The number of aromatic amines is 1. The second-order valence-corrected chi connectivity index (χ2v) is 4.30. The first kappa shape index (κ1) is 14.6. The Morgan fingerprint density at radius 3 is 2.57 bits per heavy atom. The highest BCUT2D eigenvalue weighted by molar-refractivity contribution is 5.92. The van der Waals surface area contributed by atoms with E-state index < -0.39 is 0 Å². The summed E-state index contributed by atoms with van der Waals surface area (Å²) in [6.07, 6.45) is 0. The van der Waals surface area contributed by atoms with Gasteiger partial charge in [0.05, 0.1) is 14.2 Å². The average molecular weight is 288 g/mol. The number of ether oxygens (including phenoxy) is 2. The van der Waals surface area contributed by atoms with Crippen molar-refractivity contribution in [3.63, 3.8) is 0 Å². The molecule has 1 amide bonds. The number of methoxy groups -OCH3 is 2. The van der Waals surface area contributed by atoms with Crippen molar-refractivity contribution < 1.29 is 14.3 Å². The minimum absolute atomic E-state index is 0.225. The summed E-state index contributed by atoms with van der Waals surface area (Å²) in [5, 5.41) is 2.73. The molecule has 1 heterocycles. The van der Waals surface area contributed by atoms with Crippen LogP contribution in [0.25, 0.3) is 0 Å². The number of amides is 1. The molecule has 0 radical (unpaired) electrons. The number of nitrogens with one attached hydrogen (secondary N) is 2. The highest BCUT2D eigenvalue weighted by Crippen LogP contribution is 2.27. The second-order valence-electron chi connectivity index (χ2n) is 4.30. The maximum atomic E-state index is 11.9. The number of pyridine rings is 1. The molecule has 6 heteroatoms. The normalized spacial score (nSPS) is 10.0. The van der Waals surface area contributed by atoms with Gasteiger partial charge in [0.25, 0.3) is 5.91 Å². The van der Waals surface area contributed by atoms with E-state index in [9.17, 15) is 9.59 Å². The zero-order valence-corrected chi connectivity index (χ0v) is 11.8. The molecular weight excluding hydrogens is 272 g/mol. The van der Waals surface area contributed by atoms with Gasteiger partial charge in [-0.2, -0.15) is 0 Å². The predicted octanol–water partition coefficient (Wildman–Crippen LogP) is 1.32. The SMILES string of the molecule is COc1ccc(CNC(=O)c2cccc(=O)[nH]2)cc1OC. The van der Waals surface area contributed by atoms with Gasteiger partial charge in [-0.25, -0.2) is 0 Å². The molecule has 0 saturated heterocycles. The molecule has 0 aliphatic rings. The summed E-state index contributed by atoms with van der Waals surface area (Å²) < 4.78 is 10.3. The molecule has 0 atom stereocenters. The van der Waals surface area contributed by atoms with Gasteiger partial charge in [-0.05, 0) is 23.8 Å². The van der Waals surface area contributed by atoms with E-state index in [0.717, 1.165) is 5.56 Å². The molecule has 2 aromatic rings. The van der Waals surface area contributed by atoms with Gasteiger partial charge in [0, 0.05) is 12.6 Å². The van der Waals surface area contributed by atoms with E-state index in [4.69, 9.17) is 9.47 Å². The molecule has 1 aromatic heterocycles. The minimum Gasteiger partial charge on any atom is -0.493 e. The minimum atomic E-state index is -0.345. The molecule has 0 spiro atoms. The van der Waals surface area contributed by atoms with Crippen LogP contribution in [0.5, 0.6) is 11.5 Å². The maximum absolute atomic E-state index is 11.9. The van der Waals surface area contributed by atoms with E-state index in [0.29, 0.717) is 18.0 Å². The van der Waals surface area contributed by atoms with E-state index in [-0.39, 0.29) is 17.2 Å². The summed E-state index contributed by atoms with van der Waals surface area (Å²) in [4.78, 5) is 25.5. The highest BCUT2D eigenvalue weighted by Gasteiger charge is 2.08. The van der Waals surface area contributed by atoms with E-state index >= 15 is 0 Å². The van der Waals surface area contributed by atoms with Gasteiger partial charge >= 0.3 is 0 Å². The molecule has 1 aromatic carbocycles. The van der Waals surface area contributed by atoms with Crippen LogP contribution < -0.4 is 20.3 Å². The lowest BCUT2D eigenvalue weighted by atomic mass is 10.2. The molecule has 6 nitrogen and oxygen atoms in total. The number of aromatic nitrogens is 1. The summed E-state index contributed by atoms with van der Waals surface area (Å²) in [7, 11) is 3.11. The van der Waals surface area contributed by atoms with Crippen LogP contribution in [0.4, 0.5) is 0 Å². The van der Waals surface area contributed by atoms with Crippen molar-refractivity contribution >= 4 is 5.91 Å². The molecule has 0 unspecified atom stereocenters. The van der Waals surface area contributed by atoms with E-state index in [1.807, 2.05) is 6.07 Å². The van der Waals surface area contributed by atoms with Crippen molar-refractivity contribution in [3.8, 4) is 11.5 Å². The van der Waals surface area contributed by atoms with Gasteiger partial charge in [0.1, 0.15) is 5.69 Å². The Bertz CT molecular complexity index is 694. The van der Waals surface area contributed by atoms with E-state index in [1.54, 1.807) is 32.4 Å². The molecule has 0 saturated carbocycles. The molecule has 2 rings (SSSR count). The third-order valence-electron chi connectivity index (χ3n) is 2.91. The molecule has 2 N–H and O–H groups in total. The van der Waals surface area contributed by atoms with Crippen LogP contribution in [0.2, 0.25) is 0 Å². The van der Waals surface area contributed by atoms with Crippen molar-refractivity contribution in [2.24, 2.45) is 0 Å². The van der Waals surface area contributed by atoms with Crippen LogP contribution in [0.1, 0.15) is 16.1 Å². The summed E-state index contributed by atoms with van der Waals surface area (Å²) >= 11 is 0. The topological polar surface area (TPSA) is 80.4 Å². The van der Waals surface area contributed by atoms with Crippen molar-refractivity contribution in [2.75, 3.05) is 14.2 Å². The first-order chi connectivity index (χ1) is 10.1. The summed E-state index contributed by atoms with van der Waals surface area (Å²) in [5.74, 6) is 0.875. The molecule has 0 aliphatic carbocycles. The lowest BCUT2D eigenvalue weighted by Gasteiger charge is -2.10. The van der Waals surface area contributed by atoms with Crippen LogP contribution in [0.3, 0.4) is 0 Å². The Hall–Kier alpha value is -2.76. The third-order valence-corrected chi connectivity index (χ3v) is 2.91. The summed E-state index contributed by atoms with van der Waals surface area (Å²) in [6, 6.07) is 9.81. The Balaban J connectivity index is 2.06. The Labute approximate surface area is 121 Å². The molecule has 21 heavy (non-hydrogen) atoms. The van der Waals surface area contributed by atoms with Crippen molar-refractivity contribution in [3.05, 3.63) is 58.0 Å². The first-order valence-electron chi connectivity index (χ1n) is 6.32. The zero-order valence-electron chi connectivity index (χ0n) is 11.8. The smallest absolute Gasteiger partial charge is 0.268 e. The fourth-order valence-corrected chi connectivity index (χ4v) is 1.85. The standard InChI is InChI=1S/C15H16N2O4/c1-20-12-7-6-10(8-13(12)21-2)9-16-15(19)11-4-3-5-14(18)17-11/h3-8H,9H2,1-2H3,(H,16,19)(H,17,18). The van der Waals surface area contributed by atoms with E-state index in [1.165, 1.54) is 12.1 Å².